The molecule has 0 fully saturated rings. The van der Waals surface area contributed by atoms with Crippen LogP contribution in [-0.4, -0.2) is 13.1 Å². The highest BCUT2D eigenvalue weighted by molar-refractivity contribution is 5.88. The minimum Gasteiger partial charge on any atom is -0.466 e. The molecule has 0 aliphatic rings. The molecule has 0 heterocycles. The molecule has 0 saturated carbocycles. The molecule has 0 saturated heterocycles. The predicted molar refractivity (Wildman–Crippen MR) is 68.4 cm³/mol. The molecule has 0 atom stereocenters. The van der Waals surface area contributed by atoms with Crippen molar-refractivity contribution in [1.29, 1.82) is 0 Å². The van der Waals surface area contributed by atoms with E-state index in [0.29, 0.717) is 0 Å². The third-order valence-electron chi connectivity index (χ3n) is 2.85. The van der Waals surface area contributed by atoms with Gasteiger partial charge in [-0.25, -0.2) is 4.79 Å². The van der Waals surface area contributed by atoms with Gasteiger partial charge in [-0.05, 0) is 19.8 Å². The molecule has 94 valence electrons. The molecule has 2 nitrogen and oxygen atoms in total. The number of hydrogen-bond acceptors (Lipinski definition) is 2. The predicted octanol–water partition coefficient (Wildman–Crippen LogP) is 4.25. The number of carbonyl (C=O) groups excluding carboxylic acids is 1. The Kier molecular flexibility index (Phi) is 10.2. The van der Waals surface area contributed by atoms with Gasteiger partial charge in [-0.3, -0.25) is 0 Å². The molecule has 0 aromatic heterocycles. The lowest BCUT2D eigenvalue weighted by molar-refractivity contribution is -0.136. The van der Waals surface area contributed by atoms with Crippen LogP contribution in [0.4, 0.5) is 0 Å². The minimum absolute atomic E-state index is 0.173. The fraction of sp³-hybridized carbons (Fsp3) is 0.786. The molecule has 0 bridgehead atoms. The Labute approximate surface area is 100 Å². The van der Waals surface area contributed by atoms with Gasteiger partial charge in [0, 0.05) is 5.57 Å². The molecule has 0 amide bonds. The Hall–Kier alpha value is -0.790. The summed E-state index contributed by atoms with van der Waals surface area (Å²) < 4.78 is 4.71. The van der Waals surface area contributed by atoms with E-state index < -0.39 is 0 Å². The van der Waals surface area contributed by atoms with Crippen molar-refractivity contribution in [2.24, 2.45) is 0 Å². The number of rotatable bonds is 9. The van der Waals surface area contributed by atoms with Gasteiger partial charge in [0.2, 0.25) is 0 Å². The van der Waals surface area contributed by atoms with E-state index in [1.807, 2.05) is 13.0 Å². The smallest absolute Gasteiger partial charge is 0.333 e. The second kappa shape index (κ2) is 10.7. The maximum Gasteiger partial charge on any atom is 0.333 e. The summed E-state index contributed by atoms with van der Waals surface area (Å²) in [5.74, 6) is -0.173. The zero-order valence-corrected chi connectivity index (χ0v) is 11.1. The van der Waals surface area contributed by atoms with Crippen LogP contribution in [-0.2, 0) is 9.53 Å². The van der Waals surface area contributed by atoms with E-state index in [1.54, 1.807) is 0 Å². The highest BCUT2D eigenvalue weighted by atomic mass is 16.5. The molecule has 0 aromatic rings. The third kappa shape index (κ3) is 7.49. The molecule has 0 aliphatic carbocycles. The van der Waals surface area contributed by atoms with E-state index in [1.165, 1.54) is 45.6 Å². The van der Waals surface area contributed by atoms with Gasteiger partial charge in [0.05, 0.1) is 7.11 Å². The Morgan fingerprint density at radius 2 is 1.62 bits per heavy atom. The second-order valence-corrected chi connectivity index (χ2v) is 4.18. The first-order valence-electron chi connectivity index (χ1n) is 6.49. The van der Waals surface area contributed by atoms with Crippen molar-refractivity contribution in [2.75, 3.05) is 7.11 Å². The molecule has 0 N–H and O–H groups in total. The van der Waals surface area contributed by atoms with Gasteiger partial charge < -0.3 is 4.74 Å². The van der Waals surface area contributed by atoms with E-state index in [-0.39, 0.29) is 5.97 Å². The Bertz CT molecular complexity index is 207. The van der Waals surface area contributed by atoms with Crippen molar-refractivity contribution in [3.05, 3.63) is 11.6 Å². The van der Waals surface area contributed by atoms with Crippen LogP contribution in [0.3, 0.4) is 0 Å². The molecule has 2 heteroatoms. The summed E-state index contributed by atoms with van der Waals surface area (Å²) in [5.41, 5.74) is 0.816. The van der Waals surface area contributed by atoms with Crippen LogP contribution in [0, 0.1) is 0 Å². The van der Waals surface area contributed by atoms with Crippen molar-refractivity contribution < 1.29 is 9.53 Å². The third-order valence-corrected chi connectivity index (χ3v) is 2.85. The number of unbranched alkanes of at least 4 members (excludes halogenated alkanes) is 6. The highest BCUT2D eigenvalue weighted by Crippen LogP contribution is 2.13. The SMILES string of the molecule is CC=C(CCCCCCCCC)C(=O)OC. The summed E-state index contributed by atoms with van der Waals surface area (Å²) >= 11 is 0. The van der Waals surface area contributed by atoms with E-state index in [9.17, 15) is 4.79 Å². The summed E-state index contributed by atoms with van der Waals surface area (Å²) in [5, 5.41) is 0. The van der Waals surface area contributed by atoms with E-state index in [0.717, 1.165) is 18.4 Å². The van der Waals surface area contributed by atoms with Crippen LogP contribution >= 0.6 is 0 Å². The molecule has 0 rings (SSSR count). The van der Waals surface area contributed by atoms with Crippen LogP contribution < -0.4 is 0 Å². The van der Waals surface area contributed by atoms with Gasteiger partial charge in [-0.15, -0.1) is 0 Å². The van der Waals surface area contributed by atoms with E-state index in [2.05, 4.69) is 6.92 Å². The number of allylic oxidation sites excluding steroid dienone is 1. The van der Waals surface area contributed by atoms with Crippen LogP contribution in [0.1, 0.15) is 65.2 Å². The Morgan fingerprint density at radius 1 is 1.06 bits per heavy atom. The maximum absolute atomic E-state index is 11.3. The summed E-state index contributed by atoms with van der Waals surface area (Å²) in [6, 6.07) is 0. The summed E-state index contributed by atoms with van der Waals surface area (Å²) in [4.78, 5) is 11.3. The highest BCUT2D eigenvalue weighted by Gasteiger charge is 2.06. The first-order valence-corrected chi connectivity index (χ1v) is 6.49. The molecule has 0 spiro atoms. The zero-order valence-electron chi connectivity index (χ0n) is 11.1. The lowest BCUT2D eigenvalue weighted by atomic mass is 10.0. The summed E-state index contributed by atoms with van der Waals surface area (Å²) in [6.07, 6.45) is 11.7. The first kappa shape index (κ1) is 15.2. The van der Waals surface area contributed by atoms with E-state index in [4.69, 9.17) is 4.74 Å². The van der Waals surface area contributed by atoms with E-state index >= 15 is 0 Å². The molecule has 0 unspecified atom stereocenters. The standard InChI is InChI=1S/C14H26O2/c1-4-6-7-8-9-10-11-12-13(5-2)14(15)16-3/h5H,4,6-12H2,1-3H3. The summed E-state index contributed by atoms with van der Waals surface area (Å²) in [7, 11) is 1.44. The van der Waals surface area contributed by atoms with Gasteiger partial charge in [0.15, 0.2) is 0 Å². The van der Waals surface area contributed by atoms with Crippen molar-refractivity contribution >= 4 is 5.97 Å². The van der Waals surface area contributed by atoms with Gasteiger partial charge >= 0.3 is 5.97 Å². The number of esters is 1. The van der Waals surface area contributed by atoms with Crippen LogP contribution in [0.15, 0.2) is 11.6 Å². The average Bonchev–Trinajstić information content (AvgIpc) is 2.32. The van der Waals surface area contributed by atoms with Gasteiger partial charge in [0.25, 0.3) is 0 Å². The molecule has 0 radical (unpaired) electrons. The second-order valence-electron chi connectivity index (χ2n) is 4.18. The lowest BCUT2D eigenvalue weighted by Gasteiger charge is -2.04. The molecule has 0 aliphatic heterocycles. The Morgan fingerprint density at radius 3 is 2.12 bits per heavy atom. The number of ether oxygens (including phenoxy) is 1. The van der Waals surface area contributed by atoms with Crippen molar-refractivity contribution in [1.82, 2.24) is 0 Å². The lowest BCUT2D eigenvalue weighted by Crippen LogP contribution is -2.04. The average molecular weight is 226 g/mol. The molecule has 0 aromatic carbocycles. The van der Waals surface area contributed by atoms with Crippen molar-refractivity contribution in [2.45, 2.75) is 65.2 Å². The first-order chi connectivity index (χ1) is 7.76. The largest absolute Gasteiger partial charge is 0.466 e. The Balaban J connectivity index is 3.46. The van der Waals surface area contributed by atoms with Gasteiger partial charge in [-0.2, -0.15) is 0 Å². The van der Waals surface area contributed by atoms with Crippen LogP contribution in [0.5, 0.6) is 0 Å². The van der Waals surface area contributed by atoms with Gasteiger partial charge in [0.1, 0.15) is 0 Å². The molecular weight excluding hydrogens is 200 g/mol. The monoisotopic (exact) mass is 226 g/mol. The molecular formula is C14H26O2. The maximum atomic E-state index is 11.3. The molecule has 16 heavy (non-hydrogen) atoms. The van der Waals surface area contributed by atoms with Crippen molar-refractivity contribution in [3.63, 3.8) is 0 Å². The summed E-state index contributed by atoms with van der Waals surface area (Å²) in [6.45, 7) is 4.13. The normalized spacial score (nSPS) is 11.6. The van der Waals surface area contributed by atoms with Crippen molar-refractivity contribution in [3.8, 4) is 0 Å². The number of carbonyl (C=O) groups is 1. The fourth-order valence-corrected chi connectivity index (χ4v) is 1.77. The van der Waals surface area contributed by atoms with Gasteiger partial charge in [-0.1, -0.05) is 51.5 Å². The topological polar surface area (TPSA) is 26.3 Å². The van der Waals surface area contributed by atoms with Crippen LogP contribution in [0.2, 0.25) is 0 Å². The number of methoxy groups -OCH3 is 1. The zero-order chi connectivity index (χ0) is 12.2. The minimum atomic E-state index is -0.173. The fourth-order valence-electron chi connectivity index (χ4n) is 1.77. The van der Waals surface area contributed by atoms with Crippen LogP contribution in [0.25, 0.3) is 0 Å². The number of hydrogen-bond donors (Lipinski definition) is 0. The quantitative estimate of drug-likeness (QED) is 0.334.